The lowest BCUT2D eigenvalue weighted by Gasteiger charge is -2.40. The summed E-state index contributed by atoms with van der Waals surface area (Å²) >= 11 is 0. The number of aromatic nitrogens is 1. The highest BCUT2D eigenvalue weighted by molar-refractivity contribution is 8.21. The average molecular weight is 400 g/mol. The van der Waals surface area contributed by atoms with Crippen LogP contribution in [0.1, 0.15) is 43.2 Å². The number of benzene rings is 1. The van der Waals surface area contributed by atoms with Crippen molar-refractivity contribution >= 4 is 20.8 Å². The molecule has 1 aliphatic rings. The predicted octanol–water partition coefficient (Wildman–Crippen LogP) is 3.90. The van der Waals surface area contributed by atoms with Crippen LogP contribution in [0.3, 0.4) is 0 Å². The molecule has 148 valence electrons. The normalized spacial score (nSPS) is 19.4. The van der Waals surface area contributed by atoms with Gasteiger partial charge in [0.25, 0.3) is 0 Å². The second kappa shape index (κ2) is 7.09. The lowest BCUT2D eigenvalue weighted by atomic mass is 10.2. The molecule has 0 saturated carbocycles. The maximum Gasteiger partial charge on any atom is 0.357 e. The SMILES string of the molecule is CC(C)(C)OC(=O)c1cccc(S2(=O)(Cc3ccccc3)C=CC(=O)CC2)n1. The summed E-state index contributed by atoms with van der Waals surface area (Å²) in [5.74, 6) is -0.187. The van der Waals surface area contributed by atoms with Crippen LogP contribution in [0.25, 0.3) is 0 Å². The highest BCUT2D eigenvalue weighted by Crippen LogP contribution is 2.42. The summed E-state index contributed by atoms with van der Waals surface area (Å²) in [6.07, 6.45) is 1.58. The Bertz CT molecular complexity index is 1000. The van der Waals surface area contributed by atoms with E-state index in [1.54, 1.807) is 39.0 Å². The Labute approximate surface area is 165 Å². The Morgan fingerprint density at radius 2 is 1.82 bits per heavy atom. The molecule has 2 aromatic rings. The molecule has 0 aliphatic carbocycles. The van der Waals surface area contributed by atoms with Gasteiger partial charge in [0.1, 0.15) is 16.3 Å². The fourth-order valence-corrected chi connectivity index (χ4v) is 6.79. The lowest BCUT2D eigenvalue weighted by Crippen LogP contribution is -2.40. The van der Waals surface area contributed by atoms with E-state index in [-0.39, 0.29) is 29.4 Å². The molecule has 1 aliphatic heterocycles. The first kappa shape index (κ1) is 20.1. The van der Waals surface area contributed by atoms with Crippen LogP contribution in [0.15, 0.2) is 65.0 Å². The molecular weight excluding hydrogens is 374 g/mol. The first-order valence-electron chi connectivity index (χ1n) is 9.18. The van der Waals surface area contributed by atoms with E-state index in [1.807, 2.05) is 30.3 Å². The molecule has 0 fully saturated rings. The Hall–Kier alpha value is -2.60. The molecule has 0 saturated heterocycles. The number of nitrogens with zero attached hydrogens (tertiary/aromatic N) is 1. The number of allylic oxidation sites excluding steroid dienone is 1. The minimum Gasteiger partial charge on any atom is -0.455 e. The summed E-state index contributed by atoms with van der Waals surface area (Å²) < 4.78 is 19.9. The van der Waals surface area contributed by atoms with Gasteiger partial charge in [0.15, 0.2) is 5.78 Å². The van der Waals surface area contributed by atoms with E-state index in [0.717, 1.165) is 5.56 Å². The van der Waals surface area contributed by atoms with Crippen LogP contribution >= 0.6 is 0 Å². The molecule has 5 nitrogen and oxygen atoms in total. The van der Waals surface area contributed by atoms with E-state index < -0.39 is 20.6 Å². The fourth-order valence-electron chi connectivity index (χ4n) is 3.15. The van der Waals surface area contributed by atoms with Crippen molar-refractivity contribution in [1.29, 1.82) is 0 Å². The van der Waals surface area contributed by atoms with Gasteiger partial charge in [-0.1, -0.05) is 36.4 Å². The van der Waals surface area contributed by atoms with Crippen LogP contribution in [0.4, 0.5) is 0 Å². The van der Waals surface area contributed by atoms with Crippen LogP contribution < -0.4 is 0 Å². The molecule has 1 aromatic carbocycles. The molecule has 28 heavy (non-hydrogen) atoms. The third kappa shape index (κ3) is 4.28. The van der Waals surface area contributed by atoms with Gasteiger partial charge in [-0.3, -0.25) is 9.00 Å². The van der Waals surface area contributed by atoms with E-state index in [0.29, 0.717) is 5.03 Å². The number of carbonyl (C=O) groups is 2. The largest absolute Gasteiger partial charge is 0.455 e. The van der Waals surface area contributed by atoms with Crippen LogP contribution in [0, 0.1) is 0 Å². The summed E-state index contributed by atoms with van der Waals surface area (Å²) in [6, 6.07) is 14.4. The average Bonchev–Trinajstić information content (AvgIpc) is 2.64. The van der Waals surface area contributed by atoms with E-state index >= 15 is 0 Å². The monoisotopic (exact) mass is 399 g/mol. The van der Waals surface area contributed by atoms with Crippen LogP contribution in [-0.2, 0) is 24.4 Å². The number of ketones is 1. The molecule has 0 spiro atoms. The van der Waals surface area contributed by atoms with Gasteiger partial charge in [-0.15, -0.1) is 0 Å². The highest BCUT2D eigenvalue weighted by atomic mass is 32.3. The van der Waals surface area contributed by atoms with Crippen molar-refractivity contribution in [2.45, 2.75) is 43.6 Å². The smallest absolute Gasteiger partial charge is 0.357 e. The number of esters is 1. The molecule has 0 N–H and O–H groups in total. The summed E-state index contributed by atoms with van der Waals surface area (Å²) in [6.45, 7) is 5.34. The summed E-state index contributed by atoms with van der Waals surface area (Å²) in [7, 11) is -3.64. The van der Waals surface area contributed by atoms with Crippen molar-refractivity contribution < 1.29 is 18.5 Å². The van der Waals surface area contributed by atoms with E-state index in [2.05, 4.69) is 4.98 Å². The number of carbonyl (C=O) groups excluding carboxylic acids is 2. The minimum atomic E-state index is -3.64. The zero-order valence-corrected chi connectivity index (χ0v) is 17.2. The number of rotatable bonds is 4. The first-order chi connectivity index (χ1) is 13.1. The Morgan fingerprint density at radius 3 is 2.43 bits per heavy atom. The molecule has 0 amide bonds. The molecule has 1 aromatic heterocycles. The van der Waals surface area contributed by atoms with Gasteiger partial charge in [-0.2, -0.15) is 0 Å². The van der Waals surface area contributed by atoms with Gasteiger partial charge in [0, 0.05) is 17.9 Å². The maximum absolute atomic E-state index is 14.5. The Kier molecular flexibility index (Phi) is 5.10. The van der Waals surface area contributed by atoms with E-state index in [9.17, 15) is 13.8 Å². The van der Waals surface area contributed by atoms with Gasteiger partial charge in [0.05, 0.1) is 0 Å². The van der Waals surface area contributed by atoms with Crippen molar-refractivity contribution in [2.75, 3.05) is 5.75 Å². The molecule has 0 unspecified atom stereocenters. The van der Waals surface area contributed by atoms with Crippen molar-refractivity contribution in [2.24, 2.45) is 0 Å². The van der Waals surface area contributed by atoms with Crippen LogP contribution in [0.2, 0.25) is 0 Å². The number of pyridine rings is 1. The van der Waals surface area contributed by atoms with E-state index in [4.69, 9.17) is 4.74 Å². The minimum absolute atomic E-state index is 0.0542. The molecule has 0 radical (unpaired) electrons. The second-order valence-corrected chi connectivity index (χ2v) is 12.2. The van der Waals surface area contributed by atoms with Crippen molar-refractivity contribution in [3.63, 3.8) is 0 Å². The number of hydrogen-bond donors (Lipinski definition) is 0. The molecule has 2 heterocycles. The van der Waals surface area contributed by atoms with Gasteiger partial charge in [0.2, 0.25) is 0 Å². The number of hydrogen-bond acceptors (Lipinski definition) is 5. The highest BCUT2D eigenvalue weighted by Gasteiger charge is 2.41. The fraction of sp³-hybridized carbons (Fsp3) is 0.318. The Morgan fingerprint density at radius 1 is 1.11 bits per heavy atom. The molecule has 0 atom stereocenters. The maximum atomic E-state index is 14.5. The van der Waals surface area contributed by atoms with Crippen molar-refractivity contribution in [3.05, 3.63) is 71.3 Å². The third-order valence-corrected chi connectivity index (χ3v) is 8.59. The quantitative estimate of drug-likeness (QED) is 0.729. The second-order valence-electron chi connectivity index (χ2n) is 8.08. The summed E-state index contributed by atoms with van der Waals surface area (Å²) in [4.78, 5) is 28.7. The third-order valence-electron chi connectivity index (χ3n) is 4.53. The van der Waals surface area contributed by atoms with Crippen LogP contribution in [0.5, 0.6) is 0 Å². The molecular formula is C22H25NO4S. The summed E-state index contributed by atoms with van der Waals surface area (Å²) in [5, 5.41) is 1.85. The zero-order valence-electron chi connectivity index (χ0n) is 16.4. The Balaban J connectivity index is 2.09. The summed E-state index contributed by atoms with van der Waals surface area (Å²) in [5.41, 5.74) is 0.347. The molecule has 3 rings (SSSR count). The first-order valence-corrected chi connectivity index (χ1v) is 11.5. The zero-order chi connectivity index (χ0) is 20.4. The lowest BCUT2D eigenvalue weighted by molar-refractivity contribution is -0.114. The predicted molar refractivity (Wildman–Crippen MR) is 110 cm³/mol. The van der Waals surface area contributed by atoms with Gasteiger partial charge in [-0.05, 0) is 59.0 Å². The van der Waals surface area contributed by atoms with Crippen molar-refractivity contribution in [1.82, 2.24) is 4.98 Å². The van der Waals surface area contributed by atoms with E-state index in [1.165, 1.54) is 11.5 Å². The molecule has 0 bridgehead atoms. The van der Waals surface area contributed by atoms with Gasteiger partial charge < -0.3 is 4.74 Å². The van der Waals surface area contributed by atoms with Gasteiger partial charge >= 0.3 is 5.97 Å². The topological polar surface area (TPSA) is 73.3 Å². The molecule has 6 heteroatoms. The van der Waals surface area contributed by atoms with Crippen LogP contribution in [-0.4, -0.2) is 32.3 Å². The standard InChI is InChI=1S/C22H25NO4S/c1-22(2,3)27-21(25)19-10-7-11-20(23-19)28(26,14-12-18(24)13-15-28)16-17-8-5-4-6-9-17/h4-12,14H,13,15-16H2,1-3H3. The number of ether oxygens (including phenoxy) is 1. The van der Waals surface area contributed by atoms with Crippen molar-refractivity contribution in [3.8, 4) is 0 Å². The van der Waals surface area contributed by atoms with Gasteiger partial charge in [-0.25, -0.2) is 9.78 Å².